The number of halogens is 3. The molecule has 1 N–H and O–H groups in total. The Kier molecular flexibility index (Phi) is 5.99. The van der Waals surface area contributed by atoms with Crippen LogP contribution in [-0.2, 0) is 0 Å². The van der Waals surface area contributed by atoms with Crippen molar-refractivity contribution in [3.8, 4) is 5.75 Å². The summed E-state index contributed by atoms with van der Waals surface area (Å²) in [5.74, 6) is -0.436. The zero-order valence-corrected chi connectivity index (χ0v) is 17.1. The number of rotatable bonds is 5. The average Bonchev–Trinajstić information content (AvgIpc) is 3.23. The quantitative estimate of drug-likeness (QED) is 0.611. The molecule has 2 heterocycles. The van der Waals surface area contributed by atoms with Gasteiger partial charge in [-0.25, -0.2) is 4.98 Å². The summed E-state index contributed by atoms with van der Waals surface area (Å²) in [6.07, 6.45) is -4.73. The van der Waals surface area contributed by atoms with Gasteiger partial charge in [0.25, 0.3) is 5.91 Å². The van der Waals surface area contributed by atoms with E-state index in [0.717, 1.165) is 18.8 Å². The molecule has 3 aromatic rings. The molecule has 4 rings (SSSR count). The van der Waals surface area contributed by atoms with Gasteiger partial charge >= 0.3 is 6.36 Å². The van der Waals surface area contributed by atoms with Gasteiger partial charge < -0.3 is 19.9 Å². The van der Waals surface area contributed by atoms with Crippen molar-refractivity contribution in [3.63, 3.8) is 0 Å². The number of hydrogen-bond donors (Lipinski definition) is 1. The Morgan fingerprint density at radius 3 is 2.32 bits per heavy atom. The molecular formula is C21H19F3N4O2S. The summed E-state index contributed by atoms with van der Waals surface area (Å²) < 4.78 is 40.6. The predicted octanol–water partition coefficient (Wildman–Crippen LogP) is 4.75. The lowest BCUT2D eigenvalue weighted by molar-refractivity contribution is -0.274. The highest BCUT2D eigenvalue weighted by Gasteiger charge is 2.31. The molecule has 0 saturated carbocycles. The van der Waals surface area contributed by atoms with Crippen molar-refractivity contribution < 1.29 is 22.7 Å². The first-order chi connectivity index (χ1) is 14.9. The molecule has 1 aromatic heterocycles. The van der Waals surface area contributed by atoms with E-state index in [1.165, 1.54) is 35.6 Å². The van der Waals surface area contributed by atoms with Crippen molar-refractivity contribution in [2.45, 2.75) is 6.36 Å². The van der Waals surface area contributed by atoms with Crippen LogP contribution in [0.25, 0.3) is 0 Å². The number of nitrogens with one attached hydrogen (secondary N) is 1. The maximum absolute atomic E-state index is 12.8. The second-order valence-electron chi connectivity index (χ2n) is 6.85. The number of carbonyl (C=O) groups is 1. The number of amides is 1. The number of anilines is 3. The van der Waals surface area contributed by atoms with Crippen molar-refractivity contribution in [1.82, 2.24) is 9.88 Å². The number of alkyl halides is 3. The van der Waals surface area contributed by atoms with Crippen LogP contribution >= 0.6 is 11.3 Å². The minimum atomic E-state index is -4.73. The number of aromatic nitrogens is 1. The van der Waals surface area contributed by atoms with Gasteiger partial charge in [0.15, 0.2) is 5.13 Å². The highest BCUT2D eigenvalue weighted by Crippen LogP contribution is 2.27. The summed E-state index contributed by atoms with van der Waals surface area (Å²) in [7, 11) is 0. The van der Waals surface area contributed by atoms with Crippen LogP contribution in [0.15, 0.2) is 60.0 Å². The molecule has 0 aliphatic carbocycles. The molecule has 0 spiro atoms. The molecule has 6 nitrogen and oxygen atoms in total. The van der Waals surface area contributed by atoms with Crippen molar-refractivity contribution in [1.29, 1.82) is 0 Å². The van der Waals surface area contributed by atoms with Gasteiger partial charge in [-0.15, -0.1) is 24.5 Å². The zero-order valence-electron chi connectivity index (χ0n) is 16.3. The van der Waals surface area contributed by atoms with Gasteiger partial charge in [-0.05, 0) is 36.4 Å². The van der Waals surface area contributed by atoms with Gasteiger partial charge in [-0.2, -0.15) is 0 Å². The maximum atomic E-state index is 12.8. The fourth-order valence-electron chi connectivity index (χ4n) is 3.26. The number of para-hydroxylation sites is 1. The molecule has 1 saturated heterocycles. The smallest absolute Gasteiger partial charge is 0.406 e. The number of thiazole rings is 1. The summed E-state index contributed by atoms with van der Waals surface area (Å²) >= 11 is 1.26. The van der Waals surface area contributed by atoms with E-state index in [1.807, 2.05) is 18.2 Å². The molecule has 0 unspecified atom stereocenters. The Bertz CT molecular complexity index is 1020. The number of nitrogens with zero attached hydrogens (tertiary/aromatic N) is 3. The average molecular weight is 448 g/mol. The molecule has 0 atom stereocenters. The van der Waals surface area contributed by atoms with Gasteiger partial charge in [0.1, 0.15) is 11.4 Å². The predicted molar refractivity (Wildman–Crippen MR) is 113 cm³/mol. The van der Waals surface area contributed by atoms with E-state index in [2.05, 4.69) is 32.1 Å². The lowest BCUT2D eigenvalue weighted by Gasteiger charge is -2.35. The summed E-state index contributed by atoms with van der Waals surface area (Å²) in [6.45, 7) is 2.71. The molecule has 10 heteroatoms. The monoisotopic (exact) mass is 448 g/mol. The summed E-state index contributed by atoms with van der Waals surface area (Å²) in [5.41, 5.74) is 2.03. The molecule has 31 heavy (non-hydrogen) atoms. The third-order valence-electron chi connectivity index (χ3n) is 4.75. The van der Waals surface area contributed by atoms with Crippen LogP contribution in [0.5, 0.6) is 5.75 Å². The van der Waals surface area contributed by atoms with Crippen LogP contribution in [0.2, 0.25) is 0 Å². The Morgan fingerprint density at radius 2 is 1.68 bits per heavy atom. The molecular weight excluding hydrogens is 429 g/mol. The standard InChI is InChI=1S/C21H19F3N4O2S/c22-21(23,24)30-17-8-6-15(7-9-17)25-20-26-18(14-31-20)19(29)28-12-10-27(11-13-28)16-4-2-1-3-5-16/h1-9,14H,10-13H2,(H,25,26). The number of ether oxygens (including phenoxy) is 1. The first-order valence-electron chi connectivity index (χ1n) is 9.55. The van der Waals surface area contributed by atoms with E-state index < -0.39 is 6.36 Å². The highest BCUT2D eigenvalue weighted by atomic mass is 32.1. The first-order valence-corrected chi connectivity index (χ1v) is 10.4. The molecule has 1 fully saturated rings. The van der Waals surface area contributed by atoms with E-state index in [4.69, 9.17) is 0 Å². The zero-order chi connectivity index (χ0) is 21.8. The minimum absolute atomic E-state index is 0.133. The largest absolute Gasteiger partial charge is 0.573 e. The Morgan fingerprint density at radius 1 is 1.00 bits per heavy atom. The molecule has 1 aliphatic heterocycles. The number of piperazine rings is 1. The second kappa shape index (κ2) is 8.84. The summed E-state index contributed by atoms with van der Waals surface area (Å²) in [5, 5.41) is 5.15. The fourth-order valence-corrected chi connectivity index (χ4v) is 3.97. The molecule has 1 aliphatic rings. The van der Waals surface area contributed by atoms with Gasteiger partial charge in [0.05, 0.1) is 0 Å². The van der Waals surface area contributed by atoms with Gasteiger partial charge in [-0.3, -0.25) is 4.79 Å². The Labute approximate surface area is 180 Å². The van der Waals surface area contributed by atoms with Crippen LogP contribution < -0.4 is 15.0 Å². The second-order valence-corrected chi connectivity index (χ2v) is 7.71. The van der Waals surface area contributed by atoms with E-state index in [-0.39, 0.29) is 11.7 Å². The molecule has 2 aromatic carbocycles. The SMILES string of the molecule is O=C(c1csc(Nc2ccc(OC(F)(F)F)cc2)n1)N1CCN(c2ccccc2)CC1. The lowest BCUT2D eigenvalue weighted by Crippen LogP contribution is -2.48. The molecule has 162 valence electrons. The first kappa shape index (κ1) is 21.0. The van der Waals surface area contributed by atoms with Crippen molar-refractivity contribution in [2.75, 3.05) is 36.4 Å². The molecule has 1 amide bonds. The highest BCUT2D eigenvalue weighted by molar-refractivity contribution is 7.14. The minimum Gasteiger partial charge on any atom is -0.406 e. The van der Waals surface area contributed by atoms with Gasteiger partial charge in [0, 0.05) is 42.9 Å². The number of hydrogen-bond acceptors (Lipinski definition) is 6. The van der Waals surface area contributed by atoms with Crippen LogP contribution in [0.3, 0.4) is 0 Å². The summed E-state index contributed by atoms with van der Waals surface area (Å²) in [4.78, 5) is 21.1. The van der Waals surface area contributed by atoms with Gasteiger partial charge in [-0.1, -0.05) is 18.2 Å². The maximum Gasteiger partial charge on any atom is 0.573 e. The summed E-state index contributed by atoms with van der Waals surface area (Å²) in [6, 6.07) is 15.4. The topological polar surface area (TPSA) is 57.7 Å². The Hall–Kier alpha value is -3.27. The Balaban J connectivity index is 1.33. The van der Waals surface area contributed by atoms with Crippen molar-refractivity contribution in [2.24, 2.45) is 0 Å². The van der Waals surface area contributed by atoms with Crippen LogP contribution in [-0.4, -0.2) is 48.3 Å². The third kappa shape index (κ3) is 5.46. The number of benzene rings is 2. The molecule has 0 radical (unpaired) electrons. The van der Waals surface area contributed by atoms with E-state index in [1.54, 1.807) is 10.3 Å². The third-order valence-corrected chi connectivity index (χ3v) is 5.51. The van der Waals surface area contributed by atoms with E-state index in [0.29, 0.717) is 29.6 Å². The van der Waals surface area contributed by atoms with Crippen LogP contribution in [0.4, 0.5) is 29.7 Å². The molecule has 0 bridgehead atoms. The number of carbonyl (C=O) groups excluding carboxylic acids is 1. The van der Waals surface area contributed by atoms with Crippen LogP contribution in [0, 0.1) is 0 Å². The van der Waals surface area contributed by atoms with Gasteiger partial charge in [0.2, 0.25) is 0 Å². The fraction of sp³-hybridized carbons (Fsp3) is 0.238. The van der Waals surface area contributed by atoms with Crippen LogP contribution in [0.1, 0.15) is 10.5 Å². The lowest BCUT2D eigenvalue weighted by atomic mass is 10.2. The normalized spacial score (nSPS) is 14.4. The van der Waals surface area contributed by atoms with E-state index >= 15 is 0 Å². The van der Waals surface area contributed by atoms with E-state index in [9.17, 15) is 18.0 Å². The van der Waals surface area contributed by atoms with Crippen molar-refractivity contribution >= 4 is 33.8 Å². The van der Waals surface area contributed by atoms with Crippen molar-refractivity contribution in [3.05, 3.63) is 65.7 Å².